The molecule has 2 aromatic rings. The molecule has 1 N–H and O–H groups in total. The molecule has 0 unspecified atom stereocenters. The van der Waals surface area contributed by atoms with Crippen LogP contribution in [0.2, 0.25) is 0 Å². The highest BCUT2D eigenvalue weighted by molar-refractivity contribution is 7.07. The molecule has 1 aliphatic heterocycles. The molecule has 2 amide bonds. The van der Waals surface area contributed by atoms with Gasteiger partial charge in [-0.2, -0.15) is 16.4 Å². The normalized spacial score (nSPS) is 17.4. The topological polar surface area (TPSA) is 59.4 Å². The molecule has 0 aromatic carbocycles. The maximum Gasteiger partial charge on any atom is 0.322 e. The summed E-state index contributed by atoms with van der Waals surface area (Å²) in [4.78, 5) is 14.5. The summed E-state index contributed by atoms with van der Waals surface area (Å²) < 4.78 is 7.40. The number of nitrogens with zero attached hydrogens (tertiary/aromatic N) is 3. The zero-order chi connectivity index (χ0) is 16.2. The molecule has 23 heavy (non-hydrogen) atoms. The van der Waals surface area contributed by atoms with Gasteiger partial charge in [0.05, 0.1) is 17.5 Å². The minimum Gasteiger partial charge on any atom is -0.376 e. The number of rotatable bonds is 5. The predicted octanol–water partition coefficient (Wildman–Crippen LogP) is 3.00. The largest absolute Gasteiger partial charge is 0.376 e. The quantitative estimate of drug-likeness (QED) is 0.914. The zero-order valence-corrected chi connectivity index (χ0v) is 14.3. The second-order valence-corrected chi connectivity index (χ2v) is 6.66. The number of thiophene rings is 1. The van der Waals surface area contributed by atoms with Crippen LogP contribution in [-0.2, 0) is 18.3 Å². The molecule has 0 radical (unpaired) electrons. The van der Waals surface area contributed by atoms with E-state index in [1.165, 1.54) is 0 Å². The highest BCUT2D eigenvalue weighted by Gasteiger charge is 2.23. The van der Waals surface area contributed by atoms with Crippen molar-refractivity contribution < 1.29 is 9.53 Å². The number of urea groups is 1. The summed E-state index contributed by atoms with van der Waals surface area (Å²) in [5.74, 6) is 0. The van der Waals surface area contributed by atoms with Crippen molar-refractivity contribution in [3.05, 3.63) is 34.3 Å². The molecular weight excluding hydrogens is 312 g/mol. The van der Waals surface area contributed by atoms with Gasteiger partial charge in [-0.1, -0.05) is 0 Å². The smallest absolute Gasteiger partial charge is 0.322 e. The van der Waals surface area contributed by atoms with E-state index in [9.17, 15) is 4.79 Å². The molecule has 1 aliphatic rings. The fraction of sp³-hybridized carbons (Fsp3) is 0.500. The molecule has 1 saturated heterocycles. The predicted molar refractivity (Wildman–Crippen MR) is 90.7 cm³/mol. The van der Waals surface area contributed by atoms with Crippen molar-refractivity contribution in [3.8, 4) is 0 Å². The Kier molecular flexibility index (Phi) is 4.97. The van der Waals surface area contributed by atoms with E-state index in [1.54, 1.807) is 16.0 Å². The van der Waals surface area contributed by atoms with Gasteiger partial charge in [-0.15, -0.1) is 0 Å². The third-order valence-corrected chi connectivity index (χ3v) is 4.68. The van der Waals surface area contributed by atoms with Crippen molar-refractivity contribution in [2.45, 2.75) is 32.4 Å². The van der Waals surface area contributed by atoms with Gasteiger partial charge in [0.2, 0.25) is 0 Å². The number of hydrogen-bond acceptors (Lipinski definition) is 4. The second-order valence-electron chi connectivity index (χ2n) is 5.88. The number of aromatic nitrogens is 2. The fourth-order valence-electron chi connectivity index (χ4n) is 2.77. The molecule has 1 fully saturated rings. The minimum atomic E-state index is -0.109. The number of carbonyl (C=O) groups excluding carboxylic acids is 1. The Bertz CT molecular complexity index is 647. The molecular formula is C16H22N4O2S. The van der Waals surface area contributed by atoms with E-state index < -0.39 is 0 Å². The van der Waals surface area contributed by atoms with E-state index in [-0.39, 0.29) is 12.1 Å². The third-order valence-electron chi connectivity index (χ3n) is 3.94. The van der Waals surface area contributed by atoms with Crippen molar-refractivity contribution >= 4 is 23.1 Å². The molecule has 124 valence electrons. The van der Waals surface area contributed by atoms with Crippen LogP contribution in [-0.4, -0.2) is 40.0 Å². The van der Waals surface area contributed by atoms with Crippen LogP contribution in [0, 0.1) is 6.92 Å². The number of anilines is 1. The number of carbonyl (C=O) groups is 1. The summed E-state index contributed by atoms with van der Waals surface area (Å²) in [7, 11) is 1.85. The van der Waals surface area contributed by atoms with Gasteiger partial charge < -0.3 is 15.0 Å². The molecule has 0 bridgehead atoms. The zero-order valence-electron chi connectivity index (χ0n) is 13.5. The number of nitrogens with one attached hydrogen (secondary N) is 1. The van der Waals surface area contributed by atoms with Crippen LogP contribution in [0.1, 0.15) is 24.1 Å². The summed E-state index contributed by atoms with van der Waals surface area (Å²) in [6.07, 6.45) is 4.04. The maximum atomic E-state index is 12.7. The van der Waals surface area contributed by atoms with Crippen molar-refractivity contribution in [3.63, 3.8) is 0 Å². The second kappa shape index (κ2) is 7.14. The average molecular weight is 334 g/mol. The lowest BCUT2D eigenvalue weighted by Crippen LogP contribution is -2.39. The summed E-state index contributed by atoms with van der Waals surface area (Å²) in [6.45, 7) is 3.88. The molecule has 3 heterocycles. The first-order chi connectivity index (χ1) is 11.1. The Balaban J connectivity index is 1.70. The van der Waals surface area contributed by atoms with Crippen LogP contribution in [0.15, 0.2) is 23.0 Å². The Hall–Kier alpha value is -1.86. The number of aryl methyl sites for hydroxylation is 2. The van der Waals surface area contributed by atoms with E-state index in [4.69, 9.17) is 4.74 Å². The van der Waals surface area contributed by atoms with Crippen molar-refractivity contribution in [1.29, 1.82) is 0 Å². The first-order valence-corrected chi connectivity index (χ1v) is 8.75. The molecule has 6 nitrogen and oxygen atoms in total. The van der Waals surface area contributed by atoms with E-state index >= 15 is 0 Å². The van der Waals surface area contributed by atoms with Gasteiger partial charge >= 0.3 is 6.03 Å². The number of ether oxygens (including phenoxy) is 1. The van der Waals surface area contributed by atoms with Gasteiger partial charge in [-0.05, 0) is 42.2 Å². The lowest BCUT2D eigenvalue weighted by molar-refractivity contribution is 0.0819. The van der Waals surface area contributed by atoms with Crippen molar-refractivity contribution in [2.24, 2.45) is 7.05 Å². The van der Waals surface area contributed by atoms with E-state index in [1.807, 2.05) is 30.4 Å². The van der Waals surface area contributed by atoms with Crippen LogP contribution in [0.3, 0.4) is 0 Å². The molecule has 1 atom stereocenters. The van der Waals surface area contributed by atoms with Crippen LogP contribution in [0.25, 0.3) is 0 Å². The van der Waals surface area contributed by atoms with Gasteiger partial charge in [0, 0.05) is 32.9 Å². The van der Waals surface area contributed by atoms with Gasteiger partial charge in [0.1, 0.15) is 0 Å². The van der Waals surface area contributed by atoms with Crippen LogP contribution in [0.4, 0.5) is 10.5 Å². The summed E-state index contributed by atoms with van der Waals surface area (Å²) in [6, 6.07) is 1.94. The minimum absolute atomic E-state index is 0.109. The molecule has 3 rings (SSSR count). The van der Waals surface area contributed by atoms with Crippen molar-refractivity contribution in [2.75, 3.05) is 18.5 Å². The van der Waals surface area contributed by atoms with Gasteiger partial charge in [0.25, 0.3) is 0 Å². The Labute approximate surface area is 140 Å². The number of hydrogen-bond donors (Lipinski definition) is 1. The van der Waals surface area contributed by atoms with Gasteiger partial charge in [-0.3, -0.25) is 4.68 Å². The number of amides is 2. The summed E-state index contributed by atoms with van der Waals surface area (Å²) in [5, 5.41) is 11.3. The molecule has 0 saturated carbocycles. The van der Waals surface area contributed by atoms with Crippen LogP contribution >= 0.6 is 11.3 Å². The van der Waals surface area contributed by atoms with E-state index in [0.29, 0.717) is 13.1 Å². The van der Waals surface area contributed by atoms with Gasteiger partial charge in [-0.25, -0.2) is 4.79 Å². The Morgan fingerprint density at radius 3 is 3.09 bits per heavy atom. The van der Waals surface area contributed by atoms with E-state index in [0.717, 1.165) is 36.4 Å². The lowest BCUT2D eigenvalue weighted by Gasteiger charge is -2.25. The SMILES string of the molecule is Cc1nn(C)cc1NC(=O)N(Cc1ccsc1)C[C@H]1CCCO1. The lowest BCUT2D eigenvalue weighted by atomic mass is 10.2. The highest BCUT2D eigenvalue weighted by Crippen LogP contribution is 2.18. The standard InChI is InChI=1S/C16H22N4O2S/c1-12-15(10-19(2)18-12)17-16(21)20(8-13-5-7-23-11-13)9-14-4-3-6-22-14/h5,7,10-11,14H,3-4,6,8-9H2,1-2H3,(H,17,21)/t14-/m1/s1. The van der Waals surface area contributed by atoms with E-state index in [2.05, 4.69) is 21.9 Å². The maximum absolute atomic E-state index is 12.7. The fourth-order valence-corrected chi connectivity index (χ4v) is 3.43. The summed E-state index contributed by atoms with van der Waals surface area (Å²) in [5.41, 5.74) is 2.71. The first-order valence-electron chi connectivity index (χ1n) is 7.80. The third kappa shape index (κ3) is 4.11. The van der Waals surface area contributed by atoms with Crippen LogP contribution < -0.4 is 5.32 Å². The average Bonchev–Trinajstić information content (AvgIpc) is 3.23. The Morgan fingerprint density at radius 2 is 2.48 bits per heavy atom. The highest BCUT2D eigenvalue weighted by atomic mass is 32.1. The van der Waals surface area contributed by atoms with Crippen LogP contribution in [0.5, 0.6) is 0 Å². The monoisotopic (exact) mass is 334 g/mol. The first kappa shape index (κ1) is 16.0. The molecule has 0 spiro atoms. The molecule has 0 aliphatic carbocycles. The molecule has 2 aromatic heterocycles. The molecule has 7 heteroatoms. The summed E-state index contributed by atoms with van der Waals surface area (Å²) >= 11 is 1.64. The van der Waals surface area contributed by atoms with Crippen molar-refractivity contribution in [1.82, 2.24) is 14.7 Å². The Morgan fingerprint density at radius 1 is 1.61 bits per heavy atom. The van der Waals surface area contributed by atoms with Gasteiger partial charge in [0.15, 0.2) is 0 Å².